The summed E-state index contributed by atoms with van der Waals surface area (Å²) >= 11 is 0. The Bertz CT molecular complexity index is 411. The van der Waals surface area contributed by atoms with Crippen LogP contribution in [-0.2, 0) is 9.53 Å². The number of benzene rings is 1. The van der Waals surface area contributed by atoms with Crippen LogP contribution in [0.2, 0.25) is 0 Å². The van der Waals surface area contributed by atoms with E-state index < -0.39 is 0 Å². The van der Waals surface area contributed by atoms with Crippen molar-refractivity contribution in [3.63, 3.8) is 0 Å². The number of ether oxygens (including phenoxy) is 1. The Morgan fingerprint density at radius 1 is 1.47 bits per heavy atom. The molecule has 2 atom stereocenters. The van der Waals surface area contributed by atoms with Gasteiger partial charge in [-0.05, 0) is 19.4 Å². The maximum absolute atomic E-state index is 12.0. The lowest BCUT2D eigenvalue weighted by Crippen LogP contribution is -2.44. The molecule has 0 radical (unpaired) electrons. The van der Waals surface area contributed by atoms with E-state index >= 15 is 0 Å². The number of nitrogens with one attached hydrogen (secondary N) is 2. The molecule has 0 spiro atoms. The summed E-state index contributed by atoms with van der Waals surface area (Å²) in [5.41, 5.74) is 2.36. The summed E-state index contributed by atoms with van der Waals surface area (Å²) in [4.78, 5) is 12.0. The van der Waals surface area contributed by atoms with Gasteiger partial charge in [-0.2, -0.15) is 0 Å². The van der Waals surface area contributed by atoms with Gasteiger partial charge < -0.3 is 15.4 Å². The van der Waals surface area contributed by atoms with E-state index in [4.69, 9.17) is 4.74 Å². The quantitative estimate of drug-likeness (QED) is 0.865. The molecule has 2 N–H and O–H groups in total. The molecule has 1 aliphatic heterocycles. The Morgan fingerprint density at radius 3 is 2.84 bits per heavy atom. The van der Waals surface area contributed by atoms with Gasteiger partial charge in [0.25, 0.3) is 0 Å². The lowest BCUT2D eigenvalue weighted by molar-refractivity contribution is -0.122. The summed E-state index contributed by atoms with van der Waals surface area (Å²) in [6, 6.07) is 8.42. The maximum Gasteiger partial charge on any atom is 0.222 e. The molecule has 0 bridgehead atoms. The second-order valence-corrected chi connectivity index (χ2v) is 5.13. The molecular weight excluding hydrogens is 240 g/mol. The smallest absolute Gasteiger partial charge is 0.222 e. The van der Waals surface area contributed by atoms with E-state index in [0.717, 1.165) is 18.7 Å². The Labute approximate surface area is 114 Å². The fourth-order valence-electron chi connectivity index (χ4n) is 2.21. The fraction of sp³-hybridized carbons (Fsp3) is 0.533. The molecular formula is C15H22N2O2. The van der Waals surface area contributed by atoms with Crippen LogP contribution in [0.25, 0.3) is 0 Å². The van der Waals surface area contributed by atoms with E-state index in [1.165, 1.54) is 5.56 Å². The van der Waals surface area contributed by atoms with Crippen molar-refractivity contribution in [1.29, 1.82) is 0 Å². The highest BCUT2D eigenvalue weighted by molar-refractivity contribution is 5.77. The number of aryl methyl sites for hydroxylation is 1. The second kappa shape index (κ2) is 6.68. The summed E-state index contributed by atoms with van der Waals surface area (Å²) in [7, 11) is 0. The lowest BCUT2D eigenvalue weighted by atomic mass is 10.1. The van der Waals surface area contributed by atoms with Crippen LogP contribution < -0.4 is 10.6 Å². The highest BCUT2D eigenvalue weighted by Gasteiger charge is 2.18. The number of rotatable bonds is 4. The van der Waals surface area contributed by atoms with Crippen LogP contribution in [0.15, 0.2) is 24.3 Å². The van der Waals surface area contributed by atoms with E-state index in [9.17, 15) is 4.79 Å². The van der Waals surface area contributed by atoms with Crippen LogP contribution in [0.4, 0.5) is 0 Å². The zero-order valence-electron chi connectivity index (χ0n) is 11.6. The normalized spacial score (nSPS) is 20.8. The third-order valence-electron chi connectivity index (χ3n) is 3.39. The summed E-state index contributed by atoms with van der Waals surface area (Å²) in [5.74, 6) is 0.0658. The minimum Gasteiger partial charge on any atom is -0.378 e. The predicted molar refractivity (Wildman–Crippen MR) is 75.0 cm³/mol. The van der Waals surface area contributed by atoms with Gasteiger partial charge in [-0.3, -0.25) is 4.79 Å². The van der Waals surface area contributed by atoms with Gasteiger partial charge >= 0.3 is 0 Å². The lowest BCUT2D eigenvalue weighted by Gasteiger charge is -2.24. The third kappa shape index (κ3) is 4.33. The summed E-state index contributed by atoms with van der Waals surface area (Å²) < 4.78 is 5.34. The largest absolute Gasteiger partial charge is 0.378 e. The van der Waals surface area contributed by atoms with E-state index in [0.29, 0.717) is 13.0 Å². The van der Waals surface area contributed by atoms with Crippen LogP contribution in [0.5, 0.6) is 0 Å². The van der Waals surface area contributed by atoms with E-state index in [1.54, 1.807) is 0 Å². The first-order valence-electron chi connectivity index (χ1n) is 6.82. The highest BCUT2D eigenvalue weighted by Crippen LogP contribution is 2.13. The van der Waals surface area contributed by atoms with E-state index in [2.05, 4.69) is 41.8 Å². The molecule has 4 nitrogen and oxygen atoms in total. The molecule has 0 saturated carbocycles. The number of hydrogen-bond acceptors (Lipinski definition) is 3. The van der Waals surface area contributed by atoms with Gasteiger partial charge in [0.15, 0.2) is 0 Å². The van der Waals surface area contributed by atoms with Gasteiger partial charge in [0, 0.05) is 19.0 Å². The van der Waals surface area contributed by atoms with Crippen molar-refractivity contribution in [2.45, 2.75) is 32.4 Å². The summed E-state index contributed by atoms with van der Waals surface area (Å²) in [6.45, 7) is 6.24. The van der Waals surface area contributed by atoms with Gasteiger partial charge in [0.2, 0.25) is 5.91 Å². The minimum absolute atomic E-state index is 0.0395. The molecule has 1 aromatic rings. The minimum atomic E-state index is 0.0395. The van der Waals surface area contributed by atoms with Crippen molar-refractivity contribution in [2.24, 2.45) is 0 Å². The molecule has 104 valence electrons. The summed E-state index contributed by atoms with van der Waals surface area (Å²) in [6.07, 6.45) is 0.468. The van der Waals surface area contributed by atoms with Crippen molar-refractivity contribution >= 4 is 5.91 Å². The molecule has 2 rings (SSSR count). The monoisotopic (exact) mass is 262 g/mol. The zero-order valence-corrected chi connectivity index (χ0v) is 11.6. The maximum atomic E-state index is 12.0. The molecule has 1 heterocycles. The molecule has 2 unspecified atom stereocenters. The Kier molecular flexibility index (Phi) is 4.93. The average molecular weight is 262 g/mol. The van der Waals surface area contributed by atoms with Crippen molar-refractivity contribution < 1.29 is 9.53 Å². The molecule has 1 aliphatic rings. The van der Waals surface area contributed by atoms with Gasteiger partial charge in [-0.15, -0.1) is 0 Å². The van der Waals surface area contributed by atoms with E-state index in [1.807, 2.05) is 6.92 Å². The molecule has 1 fully saturated rings. The van der Waals surface area contributed by atoms with Gasteiger partial charge in [-0.1, -0.05) is 29.8 Å². The molecule has 1 saturated heterocycles. The second-order valence-electron chi connectivity index (χ2n) is 5.13. The van der Waals surface area contributed by atoms with Crippen LogP contribution in [-0.4, -0.2) is 31.7 Å². The molecule has 1 aromatic carbocycles. The fourth-order valence-corrected chi connectivity index (χ4v) is 2.21. The molecule has 19 heavy (non-hydrogen) atoms. The molecule has 0 aliphatic carbocycles. The third-order valence-corrected chi connectivity index (χ3v) is 3.39. The first-order chi connectivity index (χ1) is 9.15. The molecule has 1 amide bonds. The number of carbonyl (C=O) groups is 1. The molecule has 4 heteroatoms. The van der Waals surface area contributed by atoms with Crippen LogP contribution >= 0.6 is 0 Å². The summed E-state index contributed by atoms with van der Waals surface area (Å²) in [5, 5.41) is 6.31. The Morgan fingerprint density at radius 2 is 2.21 bits per heavy atom. The number of amides is 1. The van der Waals surface area contributed by atoms with Crippen molar-refractivity contribution in [3.05, 3.63) is 35.4 Å². The number of hydrogen-bond donors (Lipinski definition) is 2. The number of carbonyl (C=O) groups excluding carboxylic acids is 1. The SMILES string of the molecule is Cc1ccc(C(C)NC(=O)CC2COCCN2)cc1. The van der Waals surface area contributed by atoms with Crippen molar-refractivity contribution in [1.82, 2.24) is 10.6 Å². The van der Waals surface area contributed by atoms with Crippen LogP contribution in [0.1, 0.15) is 30.5 Å². The van der Waals surface area contributed by atoms with Gasteiger partial charge in [-0.25, -0.2) is 0 Å². The van der Waals surface area contributed by atoms with Crippen molar-refractivity contribution in [2.75, 3.05) is 19.8 Å². The molecule has 0 aromatic heterocycles. The Balaban J connectivity index is 1.82. The van der Waals surface area contributed by atoms with Gasteiger partial charge in [0.1, 0.15) is 0 Å². The van der Waals surface area contributed by atoms with Gasteiger partial charge in [0.05, 0.1) is 19.3 Å². The first-order valence-corrected chi connectivity index (χ1v) is 6.82. The number of morpholine rings is 1. The highest BCUT2D eigenvalue weighted by atomic mass is 16.5. The van der Waals surface area contributed by atoms with Crippen LogP contribution in [0, 0.1) is 6.92 Å². The first kappa shape index (κ1) is 14.0. The predicted octanol–water partition coefficient (Wildman–Crippen LogP) is 1.55. The Hall–Kier alpha value is -1.39. The zero-order chi connectivity index (χ0) is 13.7. The van der Waals surface area contributed by atoms with Crippen LogP contribution in [0.3, 0.4) is 0 Å². The topological polar surface area (TPSA) is 50.4 Å². The van der Waals surface area contributed by atoms with Crippen molar-refractivity contribution in [3.8, 4) is 0 Å². The van der Waals surface area contributed by atoms with E-state index in [-0.39, 0.29) is 18.0 Å². The average Bonchev–Trinajstić information content (AvgIpc) is 2.40. The standard InChI is InChI=1S/C15H22N2O2/c1-11-3-5-13(6-4-11)12(2)17-15(18)9-14-10-19-8-7-16-14/h3-6,12,14,16H,7-10H2,1-2H3,(H,17,18).